The van der Waals surface area contributed by atoms with Crippen molar-refractivity contribution < 1.29 is 4.74 Å². The van der Waals surface area contributed by atoms with E-state index in [1.54, 1.807) is 0 Å². The average Bonchev–Trinajstić information content (AvgIpc) is 2.65. The molecule has 2 aromatic rings. The highest BCUT2D eigenvalue weighted by atomic mass is 32.1. The van der Waals surface area contributed by atoms with Gasteiger partial charge in [0.05, 0.1) is 5.56 Å². The van der Waals surface area contributed by atoms with Crippen molar-refractivity contribution in [3.63, 3.8) is 0 Å². The van der Waals surface area contributed by atoms with Gasteiger partial charge in [0.25, 0.3) is 5.56 Å². The molecule has 6 nitrogen and oxygen atoms in total. The van der Waals surface area contributed by atoms with Crippen molar-refractivity contribution in [1.29, 1.82) is 0 Å². The van der Waals surface area contributed by atoms with E-state index in [4.69, 9.17) is 17.0 Å². The molecule has 3 heterocycles. The molecular weight excluding hydrogens is 348 g/mol. The summed E-state index contributed by atoms with van der Waals surface area (Å²) in [7, 11) is 0. The molecule has 0 aromatic carbocycles. The summed E-state index contributed by atoms with van der Waals surface area (Å²) in [6, 6.07) is 4.04. The summed E-state index contributed by atoms with van der Waals surface area (Å²) < 4.78 is 6.39. The zero-order valence-corrected chi connectivity index (χ0v) is 15.6. The number of hydrogen-bond acceptors (Lipinski definition) is 5. The molecule has 0 bridgehead atoms. The number of aromatic nitrogens is 3. The molecule has 0 saturated heterocycles. The van der Waals surface area contributed by atoms with Gasteiger partial charge in [-0.15, -0.1) is 0 Å². The Morgan fingerprint density at radius 2 is 2.08 bits per heavy atom. The molecule has 1 fully saturated rings. The molecule has 1 saturated carbocycles. The lowest BCUT2D eigenvalue weighted by molar-refractivity contribution is 0.148. The number of H-pyrrole nitrogens is 2. The van der Waals surface area contributed by atoms with Crippen molar-refractivity contribution in [2.75, 3.05) is 6.54 Å². The molecule has 26 heavy (non-hydrogen) atoms. The first-order valence-corrected chi connectivity index (χ1v) is 9.76. The summed E-state index contributed by atoms with van der Waals surface area (Å²) in [5.74, 6) is 0.716. The summed E-state index contributed by atoms with van der Waals surface area (Å²) in [6.45, 7) is 2.28. The topological polar surface area (TPSA) is 74.0 Å². The van der Waals surface area contributed by atoms with E-state index in [-0.39, 0.29) is 5.56 Å². The SMILES string of the molecule is O=c1[nH]c(=S)[nH]c2c1CN(Cc1ccc(OC3CCCCC3)nc1)CC2. The van der Waals surface area contributed by atoms with E-state index < -0.39 is 0 Å². The molecule has 2 aliphatic rings. The molecule has 0 atom stereocenters. The third kappa shape index (κ3) is 4.04. The van der Waals surface area contributed by atoms with Gasteiger partial charge in [0, 0.05) is 44.0 Å². The first-order chi connectivity index (χ1) is 12.7. The van der Waals surface area contributed by atoms with Gasteiger partial charge >= 0.3 is 0 Å². The Morgan fingerprint density at radius 1 is 1.23 bits per heavy atom. The van der Waals surface area contributed by atoms with Crippen LogP contribution in [0.1, 0.15) is 48.9 Å². The molecule has 0 radical (unpaired) electrons. The highest BCUT2D eigenvalue weighted by Gasteiger charge is 2.20. The van der Waals surface area contributed by atoms with Crippen LogP contribution in [0.2, 0.25) is 0 Å². The van der Waals surface area contributed by atoms with Gasteiger partial charge in [-0.1, -0.05) is 12.5 Å². The van der Waals surface area contributed by atoms with Gasteiger partial charge < -0.3 is 9.72 Å². The molecule has 0 amide bonds. The molecule has 0 spiro atoms. The molecule has 4 rings (SSSR count). The minimum Gasteiger partial charge on any atom is -0.474 e. The molecule has 0 unspecified atom stereocenters. The number of nitrogens with zero attached hydrogens (tertiary/aromatic N) is 2. The van der Waals surface area contributed by atoms with Gasteiger partial charge in [-0.3, -0.25) is 14.7 Å². The Kier molecular flexibility index (Phi) is 5.17. The Morgan fingerprint density at radius 3 is 2.85 bits per heavy atom. The number of fused-ring (bicyclic) bond motifs is 1. The van der Waals surface area contributed by atoms with Gasteiger partial charge in [-0.05, 0) is 43.5 Å². The predicted molar refractivity (Wildman–Crippen MR) is 102 cm³/mol. The molecule has 1 aliphatic carbocycles. The van der Waals surface area contributed by atoms with Crippen molar-refractivity contribution in [3.8, 4) is 5.88 Å². The first-order valence-electron chi connectivity index (χ1n) is 9.36. The normalized spacial score (nSPS) is 18.5. The lowest BCUT2D eigenvalue weighted by Gasteiger charge is -2.27. The standard InChI is InChI=1S/C19H24N4O2S/c24-18-15-12-23(9-8-16(15)21-19(26)22-18)11-13-6-7-17(20-10-13)25-14-4-2-1-3-5-14/h6-7,10,14H,1-5,8-9,11-12H2,(H2,21,22,24,26). The monoisotopic (exact) mass is 372 g/mol. The minimum absolute atomic E-state index is 0.0807. The van der Waals surface area contributed by atoms with E-state index in [0.29, 0.717) is 23.3 Å². The Hall–Kier alpha value is -1.99. The lowest BCUT2D eigenvalue weighted by Crippen LogP contribution is -2.35. The summed E-state index contributed by atoms with van der Waals surface area (Å²) in [5, 5.41) is 0. The van der Waals surface area contributed by atoms with Crippen LogP contribution in [0.4, 0.5) is 0 Å². The van der Waals surface area contributed by atoms with Crippen molar-refractivity contribution in [2.45, 2.75) is 57.7 Å². The van der Waals surface area contributed by atoms with Crippen LogP contribution in [0, 0.1) is 4.77 Å². The maximum atomic E-state index is 12.1. The van der Waals surface area contributed by atoms with Crippen LogP contribution in [0.25, 0.3) is 0 Å². The van der Waals surface area contributed by atoms with Crippen LogP contribution in [0.15, 0.2) is 23.1 Å². The largest absolute Gasteiger partial charge is 0.474 e. The van der Waals surface area contributed by atoms with Crippen LogP contribution in [-0.4, -0.2) is 32.5 Å². The summed E-state index contributed by atoms with van der Waals surface area (Å²) in [6.07, 6.45) is 9.10. The van der Waals surface area contributed by atoms with Crippen molar-refractivity contribution in [3.05, 3.63) is 50.3 Å². The number of nitrogens with one attached hydrogen (secondary N) is 2. The van der Waals surface area contributed by atoms with Crippen LogP contribution < -0.4 is 10.3 Å². The lowest BCUT2D eigenvalue weighted by atomic mass is 9.98. The fourth-order valence-corrected chi connectivity index (χ4v) is 4.05. The van der Waals surface area contributed by atoms with Crippen LogP contribution >= 0.6 is 12.2 Å². The highest BCUT2D eigenvalue weighted by Crippen LogP contribution is 2.23. The Bertz CT molecular complexity index is 868. The number of ether oxygens (including phenoxy) is 1. The zero-order chi connectivity index (χ0) is 17.9. The fraction of sp³-hybridized carbons (Fsp3) is 0.526. The van der Waals surface area contributed by atoms with E-state index in [9.17, 15) is 4.79 Å². The van der Waals surface area contributed by atoms with Crippen molar-refractivity contribution in [2.24, 2.45) is 0 Å². The smallest absolute Gasteiger partial charge is 0.256 e. The van der Waals surface area contributed by atoms with E-state index in [1.165, 1.54) is 19.3 Å². The van der Waals surface area contributed by atoms with Gasteiger partial charge in [-0.2, -0.15) is 0 Å². The molecule has 7 heteroatoms. The number of pyridine rings is 1. The zero-order valence-electron chi connectivity index (χ0n) is 14.8. The van der Waals surface area contributed by atoms with Crippen LogP contribution in [0.3, 0.4) is 0 Å². The summed E-state index contributed by atoms with van der Waals surface area (Å²) in [4.78, 5) is 24.6. The number of aromatic amines is 2. The predicted octanol–water partition coefficient (Wildman–Crippen LogP) is 3.10. The van der Waals surface area contributed by atoms with Crippen molar-refractivity contribution in [1.82, 2.24) is 19.9 Å². The van der Waals surface area contributed by atoms with E-state index in [2.05, 4.69) is 25.9 Å². The maximum absolute atomic E-state index is 12.1. The maximum Gasteiger partial charge on any atom is 0.256 e. The molecule has 138 valence electrons. The molecule has 2 aromatic heterocycles. The Labute approximate surface area is 157 Å². The second-order valence-corrected chi connectivity index (χ2v) is 7.62. The van der Waals surface area contributed by atoms with E-state index in [0.717, 1.165) is 49.2 Å². The highest BCUT2D eigenvalue weighted by molar-refractivity contribution is 7.71. The Balaban J connectivity index is 1.38. The third-order valence-corrected chi connectivity index (χ3v) is 5.44. The van der Waals surface area contributed by atoms with Gasteiger partial charge in [0.15, 0.2) is 4.77 Å². The minimum atomic E-state index is -0.0807. The van der Waals surface area contributed by atoms with Crippen LogP contribution in [0.5, 0.6) is 5.88 Å². The molecule has 1 aliphatic heterocycles. The van der Waals surface area contributed by atoms with Crippen LogP contribution in [-0.2, 0) is 19.5 Å². The number of hydrogen-bond donors (Lipinski definition) is 2. The van der Waals surface area contributed by atoms with Gasteiger partial charge in [-0.25, -0.2) is 4.98 Å². The van der Waals surface area contributed by atoms with E-state index >= 15 is 0 Å². The summed E-state index contributed by atoms with van der Waals surface area (Å²) >= 11 is 5.05. The quantitative estimate of drug-likeness (QED) is 0.807. The second kappa shape index (κ2) is 7.72. The van der Waals surface area contributed by atoms with Gasteiger partial charge in [0.1, 0.15) is 6.10 Å². The van der Waals surface area contributed by atoms with Gasteiger partial charge in [0.2, 0.25) is 5.88 Å². The molecular formula is C19H24N4O2S. The molecule has 2 N–H and O–H groups in total. The summed E-state index contributed by atoms with van der Waals surface area (Å²) in [5.41, 5.74) is 2.80. The van der Waals surface area contributed by atoms with Crippen molar-refractivity contribution >= 4 is 12.2 Å². The fourth-order valence-electron chi connectivity index (χ4n) is 3.83. The van der Waals surface area contributed by atoms with E-state index in [1.807, 2.05) is 12.3 Å². The first kappa shape index (κ1) is 17.4. The third-order valence-electron chi connectivity index (χ3n) is 5.23. The number of rotatable bonds is 4. The second-order valence-electron chi connectivity index (χ2n) is 7.21. The average molecular weight is 372 g/mol.